The van der Waals surface area contributed by atoms with Gasteiger partial charge in [-0.15, -0.1) is 0 Å². The summed E-state index contributed by atoms with van der Waals surface area (Å²) in [6.45, 7) is 8.57. The molecule has 1 heterocycles. The standard InChI is InChI=1S/C11H21NO3/c1-8(11(13)14-4)5-12-6-9(2)15-10(3)7-12/h8-10H,5-7H2,1-4H3/t8-,9+,10+/m1/s1. The summed E-state index contributed by atoms with van der Waals surface area (Å²) >= 11 is 0. The van der Waals surface area contributed by atoms with Gasteiger partial charge in [0.2, 0.25) is 0 Å². The van der Waals surface area contributed by atoms with Crippen LogP contribution in [0.4, 0.5) is 0 Å². The van der Waals surface area contributed by atoms with E-state index in [0.717, 1.165) is 19.6 Å². The Bertz CT molecular complexity index is 210. The number of esters is 1. The minimum absolute atomic E-state index is 0.0625. The molecule has 1 saturated heterocycles. The quantitative estimate of drug-likeness (QED) is 0.656. The molecule has 4 nitrogen and oxygen atoms in total. The maximum absolute atomic E-state index is 11.3. The maximum Gasteiger partial charge on any atom is 0.309 e. The van der Waals surface area contributed by atoms with E-state index in [9.17, 15) is 4.79 Å². The number of ether oxygens (including phenoxy) is 2. The molecule has 1 aliphatic heterocycles. The number of hydrogen-bond acceptors (Lipinski definition) is 4. The molecule has 1 aliphatic rings. The molecule has 88 valence electrons. The summed E-state index contributed by atoms with van der Waals surface area (Å²) in [5.41, 5.74) is 0. The van der Waals surface area contributed by atoms with Crippen LogP contribution >= 0.6 is 0 Å². The number of methoxy groups -OCH3 is 1. The summed E-state index contributed by atoms with van der Waals surface area (Å²) in [7, 11) is 1.43. The van der Waals surface area contributed by atoms with Crippen LogP contribution in [0.2, 0.25) is 0 Å². The van der Waals surface area contributed by atoms with Gasteiger partial charge >= 0.3 is 5.97 Å². The van der Waals surface area contributed by atoms with Gasteiger partial charge in [0.05, 0.1) is 25.2 Å². The van der Waals surface area contributed by atoms with E-state index in [1.807, 2.05) is 6.92 Å². The van der Waals surface area contributed by atoms with E-state index < -0.39 is 0 Å². The van der Waals surface area contributed by atoms with E-state index >= 15 is 0 Å². The highest BCUT2D eigenvalue weighted by atomic mass is 16.5. The van der Waals surface area contributed by atoms with E-state index in [2.05, 4.69) is 18.7 Å². The Morgan fingerprint density at radius 1 is 1.47 bits per heavy atom. The lowest BCUT2D eigenvalue weighted by Gasteiger charge is -2.36. The summed E-state index contributed by atoms with van der Waals surface area (Å²) in [6, 6.07) is 0. The maximum atomic E-state index is 11.3. The summed E-state index contributed by atoms with van der Waals surface area (Å²) in [5.74, 6) is -0.200. The van der Waals surface area contributed by atoms with Crippen LogP contribution in [0, 0.1) is 5.92 Å². The third-order valence-electron chi connectivity index (χ3n) is 2.63. The van der Waals surface area contributed by atoms with Crippen molar-refractivity contribution in [2.45, 2.75) is 33.0 Å². The molecular formula is C11H21NO3. The molecule has 0 aromatic rings. The molecule has 0 unspecified atom stereocenters. The largest absolute Gasteiger partial charge is 0.469 e. The molecule has 0 amide bonds. The minimum atomic E-state index is -0.137. The van der Waals surface area contributed by atoms with Gasteiger partial charge in [-0.25, -0.2) is 0 Å². The summed E-state index contributed by atoms with van der Waals surface area (Å²) < 4.78 is 10.3. The molecule has 4 heteroatoms. The van der Waals surface area contributed by atoms with Crippen LogP contribution in [-0.4, -0.2) is 49.8 Å². The lowest BCUT2D eigenvalue weighted by Crippen LogP contribution is -2.47. The van der Waals surface area contributed by atoms with Crippen LogP contribution in [0.3, 0.4) is 0 Å². The van der Waals surface area contributed by atoms with Crippen molar-refractivity contribution < 1.29 is 14.3 Å². The number of hydrogen-bond donors (Lipinski definition) is 0. The van der Waals surface area contributed by atoms with Crippen LogP contribution in [-0.2, 0) is 14.3 Å². The number of morpholine rings is 1. The fraction of sp³-hybridized carbons (Fsp3) is 0.909. The van der Waals surface area contributed by atoms with Gasteiger partial charge < -0.3 is 9.47 Å². The van der Waals surface area contributed by atoms with Crippen LogP contribution in [0.1, 0.15) is 20.8 Å². The molecule has 0 aromatic carbocycles. The Labute approximate surface area is 91.5 Å². The molecule has 0 bridgehead atoms. The van der Waals surface area contributed by atoms with Crippen molar-refractivity contribution in [2.75, 3.05) is 26.7 Å². The highest BCUT2D eigenvalue weighted by molar-refractivity contribution is 5.72. The normalized spacial score (nSPS) is 29.9. The van der Waals surface area contributed by atoms with Gasteiger partial charge in [0, 0.05) is 19.6 Å². The second-order valence-corrected chi connectivity index (χ2v) is 4.40. The number of nitrogens with zero attached hydrogens (tertiary/aromatic N) is 1. The highest BCUT2D eigenvalue weighted by Crippen LogP contribution is 2.12. The Morgan fingerprint density at radius 3 is 2.47 bits per heavy atom. The highest BCUT2D eigenvalue weighted by Gasteiger charge is 2.25. The van der Waals surface area contributed by atoms with Crippen molar-refractivity contribution in [2.24, 2.45) is 5.92 Å². The number of rotatable bonds is 3. The predicted octanol–water partition coefficient (Wildman–Crippen LogP) is 0.905. The second-order valence-electron chi connectivity index (χ2n) is 4.40. The molecule has 0 saturated carbocycles. The molecule has 0 aromatic heterocycles. The topological polar surface area (TPSA) is 38.8 Å². The zero-order valence-corrected chi connectivity index (χ0v) is 10.0. The lowest BCUT2D eigenvalue weighted by molar-refractivity contribution is -0.146. The van der Waals surface area contributed by atoms with Gasteiger partial charge in [-0.2, -0.15) is 0 Å². The van der Waals surface area contributed by atoms with Crippen LogP contribution < -0.4 is 0 Å². The van der Waals surface area contributed by atoms with E-state index in [1.165, 1.54) is 7.11 Å². The zero-order chi connectivity index (χ0) is 11.4. The van der Waals surface area contributed by atoms with Gasteiger partial charge in [0.25, 0.3) is 0 Å². The molecule has 1 rings (SSSR count). The Hall–Kier alpha value is -0.610. The van der Waals surface area contributed by atoms with E-state index in [1.54, 1.807) is 0 Å². The molecule has 3 atom stereocenters. The monoisotopic (exact) mass is 215 g/mol. The minimum Gasteiger partial charge on any atom is -0.469 e. The molecule has 0 N–H and O–H groups in total. The number of carbonyl (C=O) groups is 1. The van der Waals surface area contributed by atoms with Gasteiger partial charge in [-0.05, 0) is 13.8 Å². The van der Waals surface area contributed by atoms with Crippen LogP contribution in [0.15, 0.2) is 0 Å². The molecular weight excluding hydrogens is 194 g/mol. The van der Waals surface area contributed by atoms with Crippen LogP contribution in [0.5, 0.6) is 0 Å². The molecule has 15 heavy (non-hydrogen) atoms. The van der Waals surface area contributed by atoms with Crippen molar-refractivity contribution >= 4 is 5.97 Å². The Kier molecular flexibility index (Phi) is 4.54. The summed E-state index contributed by atoms with van der Waals surface area (Å²) in [5, 5.41) is 0. The summed E-state index contributed by atoms with van der Waals surface area (Å²) in [4.78, 5) is 13.5. The van der Waals surface area contributed by atoms with Crippen molar-refractivity contribution in [3.8, 4) is 0 Å². The predicted molar refractivity (Wildman–Crippen MR) is 57.6 cm³/mol. The average Bonchev–Trinajstić information content (AvgIpc) is 2.14. The molecule has 0 spiro atoms. The van der Waals surface area contributed by atoms with Crippen molar-refractivity contribution in [3.63, 3.8) is 0 Å². The van der Waals surface area contributed by atoms with Crippen molar-refractivity contribution in [3.05, 3.63) is 0 Å². The fourth-order valence-corrected chi connectivity index (χ4v) is 2.10. The lowest BCUT2D eigenvalue weighted by atomic mass is 10.1. The van der Waals surface area contributed by atoms with Crippen molar-refractivity contribution in [1.82, 2.24) is 4.90 Å². The second kappa shape index (κ2) is 5.47. The first kappa shape index (κ1) is 12.5. The summed E-state index contributed by atoms with van der Waals surface area (Å²) in [6.07, 6.45) is 0.497. The van der Waals surface area contributed by atoms with Gasteiger partial charge in [-0.1, -0.05) is 6.92 Å². The molecule has 0 radical (unpaired) electrons. The van der Waals surface area contributed by atoms with E-state index in [-0.39, 0.29) is 24.1 Å². The first-order valence-corrected chi connectivity index (χ1v) is 5.48. The fourth-order valence-electron chi connectivity index (χ4n) is 2.10. The van der Waals surface area contributed by atoms with E-state index in [4.69, 9.17) is 9.47 Å². The first-order valence-electron chi connectivity index (χ1n) is 5.48. The van der Waals surface area contributed by atoms with Gasteiger partial charge in [0.1, 0.15) is 0 Å². The number of carbonyl (C=O) groups excluding carboxylic acids is 1. The zero-order valence-electron chi connectivity index (χ0n) is 10.0. The Morgan fingerprint density at radius 2 is 2.00 bits per heavy atom. The third-order valence-corrected chi connectivity index (χ3v) is 2.63. The molecule has 1 fully saturated rings. The van der Waals surface area contributed by atoms with Gasteiger partial charge in [0.15, 0.2) is 0 Å². The average molecular weight is 215 g/mol. The third kappa shape index (κ3) is 3.80. The Balaban J connectivity index is 2.40. The SMILES string of the molecule is COC(=O)[C@H](C)CN1C[C@H](C)O[C@@H](C)C1. The van der Waals surface area contributed by atoms with Crippen molar-refractivity contribution in [1.29, 1.82) is 0 Å². The van der Waals surface area contributed by atoms with Crippen LogP contribution in [0.25, 0.3) is 0 Å². The first-order chi connectivity index (χ1) is 7.02. The van der Waals surface area contributed by atoms with Gasteiger partial charge in [-0.3, -0.25) is 9.69 Å². The molecule has 0 aliphatic carbocycles. The smallest absolute Gasteiger partial charge is 0.309 e. The van der Waals surface area contributed by atoms with E-state index in [0.29, 0.717) is 0 Å².